The molecular weight excluding hydrogens is 1290 g/mol. The number of phosphoric ester groups is 2. The summed E-state index contributed by atoms with van der Waals surface area (Å²) in [6.07, 6.45) is 64.2. The second-order valence-corrected chi connectivity index (χ2v) is 32.0. The van der Waals surface area contributed by atoms with Crippen molar-refractivity contribution in [2.24, 2.45) is 5.92 Å². The molecule has 0 radical (unpaired) electrons. The Labute approximate surface area is 607 Å². The molecule has 3 unspecified atom stereocenters. The summed E-state index contributed by atoms with van der Waals surface area (Å²) in [4.78, 5) is 72.7. The fourth-order valence-electron chi connectivity index (χ4n) is 12.4. The van der Waals surface area contributed by atoms with E-state index in [1.54, 1.807) is 0 Å². The number of unbranched alkanes of at least 4 members (excludes halogenated alkanes) is 51. The maximum atomic E-state index is 13.1. The van der Waals surface area contributed by atoms with Gasteiger partial charge in [0.15, 0.2) is 12.2 Å². The van der Waals surface area contributed by atoms with Crippen LogP contribution in [0.15, 0.2) is 0 Å². The van der Waals surface area contributed by atoms with E-state index in [1.807, 2.05) is 0 Å². The van der Waals surface area contributed by atoms with Gasteiger partial charge in [0.05, 0.1) is 26.4 Å². The average Bonchev–Trinajstić information content (AvgIpc) is 0.963. The van der Waals surface area contributed by atoms with Gasteiger partial charge in [-0.2, -0.15) is 0 Å². The van der Waals surface area contributed by atoms with Gasteiger partial charge in [-0.15, -0.1) is 0 Å². The summed E-state index contributed by atoms with van der Waals surface area (Å²) in [5.74, 6) is -1.27. The molecule has 588 valence electrons. The molecule has 0 saturated heterocycles. The van der Waals surface area contributed by atoms with E-state index in [0.29, 0.717) is 25.7 Å². The first kappa shape index (κ1) is 97.1. The van der Waals surface area contributed by atoms with Gasteiger partial charge in [0, 0.05) is 25.7 Å². The molecule has 0 spiro atoms. The second-order valence-electron chi connectivity index (χ2n) is 29.1. The van der Waals surface area contributed by atoms with Crippen LogP contribution in [0, 0.1) is 5.92 Å². The Kier molecular flexibility index (Phi) is 71.6. The minimum absolute atomic E-state index is 0.108. The summed E-state index contributed by atoms with van der Waals surface area (Å²) in [6, 6.07) is 0. The molecule has 0 aromatic heterocycles. The number of aliphatic hydroxyl groups is 1. The summed E-state index contributed by atoms with van der Waals surface area (Å²) in [5.41, 5.74) is 0. The zero-order valence-corrected chi connectivity index (χ0v) is 66.4. The molecule has 0 bridgehead atoms. The van der Waals surface area contributed by atoms with Crippen LogP contribution in [0.1, 0.15) is 426 Å². The molecule has 0 aliphatic heterocycles. The summed E-state index contributed by atoms with van der Waals surface area (Å²) >= 11 is 0. The van der Waals surface area contributed by atoms with Gasteiger partial charge in [0.25, 0.3) is 0 Å². The number of esters is 4. The highest BCUT2D eigenvalue weighted by Crippen LogP contribution is 2.45. The first-order valence-corrected chi connectivity index (χ1v) is 44.7. The third-order valence-corrected chi connectivity index (χ3v) is 21.0. The standard InChI is InChI=1S/C80H156O17P2/c1-6-10-13-16-18-20-22-24-26-28-29-31-33-39-43-47-51-56-61-66-80(85)97-76(70-91-78(83)64-59-54-49-45-41-37-35-34-36-40-44-48-53-57-62-73(5)9-4)72-95-99(88,89)93-68-74(81)67-92-98(86,87)94-71-75(69-90-77(82)63-58-52-15-12-8-3)96-79(84)65-60-55-50-46-42-38-32-30-27-25-23-21-19-17-14-11-7-2/h73-76,81H,6-72H2,1-5H3,(H,86,87)(H,88,89)/t73?,74-,75+,76+/m0/s1. The van der Waals surface area contributed by atoms with E-state index in [-0.39, 0.29) is 25.7 Å². The Morgan fingerprint density at radius 2 is 0.485 bits per heavy atom. The summed E-state index contributed by atoms with van der Waals surface area (Å²) in [7, 11) is -9.91. The van der Waals surface area contributed by atoms with E-state index < -0.39 is 97.5 Å². The maximum absolute atomic E-state index is 13.1. The quantitative estimate of drug-likeness (QED) is 0.0222. The van der Waals surface area contributed by atoms with Crippen molar-refractivity contribution in [2.45, 2.75) is 445 Å². The first-order chi connectivity index (χ1) is 48.1. The van der Waals surface area contributed by atoms with Crippen molar-refractivity contribution in [3.8, 4) is 0 Å². The summed E-state index contributed by atoms with van der Waals surface area (Å²) in [6.45, 7) is 7.29. The normalized spacial score (nSPS) is 14.1. The number of ether oxygens (including phenoxy) is 4. The fraction of sp³-hybridized carbons (Fsp3) is 0.950. The molecule has 3 N–H and O–H groups in total. The van der Waals surface area contributed by atoms with E-state index in [2.05, 4.69) is 34.6 Å². The maximum Gasteiger partial charge on any atom is 0.472 e. The minimum Gasteiger partial charge on any atom is -0.462 e. The lowest BCUT2D eigenvalue weighted by Crippen LogP contribution is -2.30. The largest absolute Gasteiger partial charge is 0.472 e. The zero-order chi connectivity index (χ0) is 72.7. The molecule has 0 saturated carbocycles. The molecule has 0 rings (SSSR count). The highest BCUT2D eigenvalue weighted by molar-refractivity contribution is 7.47. The van der Waals surface area contributed by atoms with Gasteiger partial charge >= 0.3 is 39.5 Å². The van der Waals surface area contributed by atoms with Crippen molar-refractivity contribution >= 4 is 39.5 Å². The Morgan fingerprint density at radius 1 is 0.283 bits per heavy atom. The number of aliphatic hydroxyl groups excluding tert-OH is 1. The molecule has 0 aromatic carbocycles. The Morgan fingerprint density at radius 3 is 0.717 bits per heavy atom. The van der Waals surface area contributed by atoms with E-state index in [4.69, 9.17) is 37.0 Å². The van der Waals surface area contributed by atoms with Gasteiger partial charge in [-0.05, 0) is 31.6 Å². The van der Waals surface area contributed by atoms with Crippen LogP contribution in [0.2, 0.25) is 0 Å². The summed E-state index contributed by atoms with van der Waals surface area (Å²) < 4.78 is 68.5. The fourth-order valence-corrected chi connectivity index (χ4v) is 14.0. The molecule has 0 aliphatic rings. The number of carbonyl (C=O) groups excluding carboxylic acids is 4. The van der Waals surface area contributed by atoms with Crippen molar-refractivity contribution in [1.29, 1.82) is 0 Å². The van der Waals surface area contributed by atoms with Crippen LogP contribution < -0.4 is 0 Å². The lowest BCUT2D eigenvalue weighted by molar-refractivity contribution is -0.161. The van der Waals surface area contributed by atoms with Crippen molar-refractivity contribution in [2.75, 3.05) is 39.6 Å². The number of hydrogen-bond acceptors (Lipinski definition) is 15. The molecule has 99 heavy (non-hydrogen) atoms. The smallest absolute Gasteiger partial charge is 0.462 e. The predicted octanol–water partition coefficient (Wildman–Crippen LogP) is 24.0. The average molecular weight is 1450 g/mol. The van der Waals surface area contributed by atoms with Gasteiger partial charge in [0.2, 0.25) is 0 Å². The molecule has 0 amide bonds. The van der Waals surface area contributed by atoms with Gasteiger partial charge in [-0.3, -0.25) is 37.3 Å². The first-order valence-electron chi connectivity index (χ1n) is 41.7. The Balaban J connectivity index is 5.12. The SMILES string of the molecule is CCCCCCCCCCCCCCCCCCCCCC(=O)O[C@H](COC(=O)CCCCCCCCCCCCCCCCC(C)CC)COP(=O)(O)OC[C@@H](O)COP(=O)(O)OC[C@@H](COC(=O)CCCCCCC)OC(=O)CCCCCCCCCCCCCCCCCCC. The third-order valence-electron chi connectivity index (χ3n) is 19.1. The number of rotatable bonds is 80. The third kappa shape index (κ3) is 72.8. The van der Waals surface area contributed by atoms with Crippen molar-refractivity contribution < 1.29 is 80.2 Å². The van der Waals surface area contributed by atoms with E-state index in [1.165, 1.54) is 244 Å². The number of phosphoric acid groups is 2. The monoisotopic (exact) mass is 1450 g/mol. The lowest BCUT2D eigenvalue weighted by Gasteiger charge is -2.21. The van der Waals surface area contributed by atoms with Gasteiger partial charge in [-0.25, -0.2) is 9.13 Å². The highest BCUT2D eigenvalue weighted by atomic mass is 31.2. The van der Waals surface area contributed by atoms with E-state index in [0.717, 1.165) is 102 Å². The van der Waals surface area contributed by atoms with Crippen molar-refractivity contribution in [3.63, 3.8) is 0 Å². The molecule has 0 aromatic rings. The zero-order valence-electron chi connectivity index (χ0n) is 64.6. The predicted molar refractivity (Wildman–Crippen MR) is 405 cm³/mol. The van der Waals surface area contributed by atoms with Crippen LogP contribution in [0.4, 0.5) is 0 Å². The topological polar surface area (TPSA) is 237 Å². The lowest BCUT2D eigenvalue weighted by atomic mass is 9.99. The molecule has 0 fully saturated rings. The van der Waals surface area contributed by atoms with Crippen LogP contribution >= 0.6 is 15.6 Å². The Bertz CT molecular complexity index is 1890. The van der Waals surface area contributed by atoms with Gasteiger partial charge in [0.1, 0.15) is 19.3 Å². The van der Waals surface area contributed by atoms with E-state index >= 15 is 0 Å². The number of hydrogen-bond donors (Lipinski definition) is 3. The minimum atomic E-state index is -4.96. The van der Waals surface area contributed by atoms with Crippen molar-refractivity contribution in [3.05, 3.63) is 0 Å². The van der Waals surface area contributed by atoms with Crippen LogP contribution in [-0.4, -0.2) is 96.7 Å². The highest BCUT2D eigenvalue weighted by Gasteiger charge is 2.30. The Hall–Kier alpha value is -1.94. The van der Waals surface area contributed by atoms with Crippen LogP contribution in [0.3, 0.4) is 0 Å². The molecular formula is C80H156O17P2. The van der Waals surface area contributed by atoms with Crippen molar-refractivity contribution in [1.82, 2.24) is 0 Å². The molecule has 0 aliphatic carbocycles. The van der Waals surface area contributed by atoms with Gasteiger partial charge < -0.3 is 33.8 Å². The van der Waals surface area contributed by atoms with Gasteiger partial charge in [-0.1, -0.05) is 375 Å². The summed E-state index contributed by atoms with van der Waals surface area (Å²) in [5, 5.41) is 10.6. The molecule has 6 atom stereocenters. The van der Waals surface area contributed by atoms with Crippen LogP contribution in [0.25, 0.3) is 0 Å². The van der Waals surface area contributed by atoms with Crippen LogP contribution in [-0.2, 0) is 65.4 Å². The number of carbonyl (C=O) groups is 4. The molecule has 0 heterocycles. The van der Waals surface area contributed by atoms with E-state index in [9.17, 15) is 43.2 Å². The molecule has 17 nitrogen and oxygen atoms in total. The molecule has 19 heteroatoms. The van der Waals surface area contributed by atoms with Crippen LogP contribution in [0.5, 0.6) is 0 Å². The second kappa shape index (κ2) is 73.0.